The summed E-state index contributed by atoms with van der Waals surface area (Å²) in [5.74, 6) is -1.97. The van der Waals surface area contributed by atoms with E-state index in [1.807, 2.05) is 49.3 Å². The van der Waals surface area contributed by atoms with Crippen molar-refractivity contribution in [3.05, 3.63) is 59.7 Å². The van der Waals surface area contributed by atoms with Gasteiger partial charge in [-0.05, 0) is 37.9 Å². The minimum Gasteiger partial charge on any atom is -0.353 e. The normalized spacial score (nSPS) is 13.8. The van der Waals surface area contributed by atoms with Gasteiger partial charge in [0, 0.05) is 19.5 Å². The van der Waals surface area contributed by atoms with E-state index in [4.69, 9.17) is 0 Å². The molecule has 0 bridgehead atoms. The van der Waals surface area contributed by atoms with Crippen LogP contribution in [0.5, 0.6) is 0 Å². The molecule has 0 saturated carbocycles. The number of benzene rings is 2. The van der Waals surface area contributed by atoms with E-state index in [-0.39, 0.29) is 17.7 Å². The van der Waals surface area contributed by atoms with Gasteiger partial charge in [-0.2, -0.15) is 0 Å². The molecule has 1 heterocycles. The van der Waals surface area contributed by atoms with Gasteiger partial charge in [0.15, 0.2) is 0 Å². The largest absolute Gasteiger partial charge is 0.353 e. The minimum atomic E-state index is -3.22. The van der Waals surface area contributed by atoms with Crippen LogP contribution < -0.4 is 14.9 Å². The summed E-state index contributed by atoms with van der Waals surface area (Å²) in [7, 11) is 0.511. The Morgan fingerprint density at radius 3 is 2.45 bits per heavy atom. The van der Waals surface area contributed by atoms with Crippen LogP contribution in [0.15, 0.2) is 48.5 Å². The monoisotopic (exact) mass is 444 g/mol. The molecule has 2 amide bonds. The van der Waals surface area contributed by atoms with Crippen molar-refractivity contribution >= 4 is 39.9 Å². The van der Waals surface area contributed by atoms with Crippen LogP contribution in [0.3, 0.4) is 0 Å². The van der Waals surface area contributed by atoms with E-state index >= 15 is 0 Å². The molecular formula is C21H24N4O5S. The highest BCUT2D eigenvalue weighted by atomic mass is 32.2. The summed E-state index contributed by atoms with van der Waals surface area (Å²) in [6.45, 7) is 0.941. The third kappa shape index (κ3) is 5.28. The quantitative estimate of drug-likeness (QED) is 0.382. The van der Waals surface area contributed by atoms with Gasteiger partial charge in [0.25, 0.3) is 11.7 Å². The maximum Gasteiger partial charge on any atom is 0.296 e. The zero-order chi connectivity index (χ0) is 22.5. The van der Waals surface area contributed by atoms with E-state index in [9.17, 15) is 22.8 Å². The number of fused-ring (bicyclic) bond motifs is 1. The summed E-state index contributed by atoms with van der Waals surface area (Å²) in [4.78, 5) is 38.6. The molecule has 31 heavy (non-hydrogen) atoms. The fourth-order valence-corrected chi connectivity index (χ4v) is 4.04. The molecule has 2 N–H and O–H groups in total. The van der Waals surface area contributed by atoms with Crippen molar-refractivity contribution in [2.45, 2.75) is 12.5 Å². The van der Waals surface area contributed by atoms with Gasteiger partial charge in [-0.15, -0.1) is 0 Å². The van der Waals surface area contributed by atoms with E-state index in [0.29, 0.717) is 18.8 Å². The number of nitrogens with zero attached hydrogens (tertiary/aromatic N) is 2. The molecule has 0 aromatic heterocycles. The lowest BCUT2D eigenvalue weighted by Crippen LogP contribution is -2.49. The Morgan fingerprint density at radius 2 is 1.81 bits per heavy atom. The molecule has 0 fully saturated rings. The van der Waals surface area contributed by atoms with Crippen LogP contribution >= 0.6 is 0 Å². The number of rotatable bonds is 9. The SMILES string of the molecule is CN(C)CCNC(=O)[C@H](Cc1ccccc1)N(c1ccc2c(c1)C(=O)C(=O)N2)[SH](=O)=O. The molecular weight excluding hydrogens is 420 g/mol. The minimum absolute atomic E-state index is 0.0795. The second kappa shape index (κ2) is 9.71. The fourth-order valence-electron chi connectivity index (χ4n) is 3.31. The van der Waals surface area contributed by atoms with E-state index in [2.05, 4.69) is 10.6 Å². The summed E-state index contributed by atoms with van der Waals surface area (Å²) in [6, 6.07) is 12.3. The average molecular weight is 445 g/mol. The number of likely N-dealkylation sites (N-methyl/N-ethyl adjacent to an activating group) is 1. The lowest BCUT2D eigenvalue weighted by molar-refractivity contribution is -0.122. The summed E-state index contributed by atoms with van der Waals surface area (Å²) in [5.41, 5.74) is 1.32. The number of carbonyl (C=O) groups excluding carboxylic acids is 3. The Hall–Kier alpha value is -3.24. The van der Waals surface area contributed by atoms with Gasteiger partial charge in [-0.25, -0.2) is 8.42 Å². The second-order valence-corrected chi connectivity index (χ2v) is 8.30. The highest BCUT2D eigenvalue weighted by Crippen LogP contribution is 2.29. The lowest BCUT2D eigenvalue weighted by Gasteiger charge is -2.28. The van der Waals surface area contributed by atoms with Gasteiger partial charge in [0.05, 0.1) is 16.9 Å². The van der Waals surface area contributed by atoms with E-state index in [1.54, 1.807) is 0 Å². The van der Waals surface area contributed by atoms with Crippen molar-refractivity contribution in [1.82, 2.24) is 10.2 Å². The predicted molar refractivity (Wildman–Crippen MR) is 118 cm³/mol. The predicted octanol–water partition coefficient (Wildman–Crippen LogP) is 0.443. The molecule has 1 aliphatic heterocycles. The van der Waals surface area contributed by atoms with E-state index in [1.165, 1.54) is 18.2 Å². The summed E-state index contributed by atoms with van der Waals surface area (Å²) in [6.07, 6.45) is 0.139. The Kier molecular flexibility index (Phi) is 7.03. The van der Waals surface area contributed by atoms with Crippen LogP contribution in [-0.4, -0.2) is 64.1 Å². The van der Waals surface area contributed by atoms with Gasteiger partial charge in [-0.1, -0.05) is 30.3 Å². The molecule has 0 saturated heterocycles. The third-order valence-electron chi connectivity index (χ3n) is 4.87. The number of hydrogen-bond donors (Lipinski definition) is 3. The van der Waals surface area contributed by atoms with Crippen molar-refractivity contribution in [3.8, 4) is 0 Å². The molecule has 10 heteroatoms. The van der Waals surface area contributed by atoms with Crippen LogP contribution in [0.1, 0.15) is 15.9 Å². The number of anilines is 2. The van der Waals surface area contributed by atoms with Crippen molar-refractivity contribution < 1.29 is 22.8 Å². The van der Waals surface area contributed by atoms with Crippen LogP contribution in [0, 0.1) is 0 Å². The van der Waals surface area contributed by atoms with E-state index in [0.717, 1.165) is 9.87 Å². The third-order valence-corrected chi connectivity index (χ3v) is 5.73. The topological polar surface area (TPSA) is 116 Å². The highest BCUT2D eigenvalue weighted by Gasteiger charge is 2.32. The number of thiol groups is 1. The second-order valence-electron chi connectivity index (χ2n) is 7.40. The zero-order valence-electron chi connectivity index (χ0n) is 17.2. The van der Waals surface area contributed by atoms with Crippen molar-refractivity contribution in [2.75, 3.05) is 36.8 Å². The Bertz CT molecular complexity index is 1060. The molecule has 9 nitrogen and oxygen atoms in total. The molecule has 1 aliphatic rings. The molecule has 2 aromatic carbocycles. The number of Topliss-reactive ketones (excluding diaryl/α,β-unsaturated/α-hetero) is 1. The van der Waals surface area contributed by atoms with Gasteiger partial charge >= 0.3 is 0 Å². The van der Waals surface area contributed by atoms with Gasteiger partial charge in [0.2, 0.25) is 16.8 Å². The number of hydrogen-bond acceptors (Lipinski definition) is 6. The lowest BCUT2D eigenvalue weighted by atomic mass is 10.0. The first-order chi connectivity index (χ1) is 14.8. The van der Waals surface area contributed by atoms with Crippen LogP contribution in [0.4, 0.5) is 11.4 Å². The summed E-state index contributed by atoms with van der Waals surface area (Å²) < 4.78 is 25.5. The van der Waals surface area contributed by atoms with Crippen LogP contribution in [0.25, 0.3) is 0 Å². The summed E-state index contributed by atoms with van der Waals surface area (Å²) in [5, 5.41) is 5.22. The number of ketones is 1. The van der Waals surface area contributed by atoms with Crippen LogP contribution in [-0.2, 0) is 26.9 Å². The van der Waals surface area contributed by atoms with Gasteiger partial charge in [-0.3, -0.25) is 18.7 Å². The first-order valence-corrected chi connectivity index (χ1v) is 10.8. The molecule has 0 spiro atoms. The number of nitrogens with one attached hydrogen (secondary N) is 2. The van der Waals surface area contributed by atoms with Gasteiger partial charge in [0.1, 0.15) is 6.04 Å². The molecule has 0 aliphatic carbocycles. The Morgan fingerprint density at radius 1 is 1.10 bits per heavy atom. The standard InChI is InChI=1S/C21H24N4O5S/c1-24(2)11-10-22-20(27)18(12-14-6-4-3-5-7-14)25(31(29)30)15-8-9-17-16(13-15)19(26)21(28)23-17/h3-9,13,18,31H,10-12H2,1-2H3,(H,22,27)(H,23,26,28)/t18-/m0/s1. The first-order valence-electron chi connectivity index (χ1n) is 9.67. The van der Waals surface area contributed by atoms with Crippen molar-refractivity contribution in [1.29, 1.82) is 0 Å². The maximum absolute atomic E-state index is 13.0. The fraction of sp³-hybridized carbons (Fsp3) is 0.286. The average Bonchev–Trinajstić information content (AvgIpc) is 3.01. The highest BCUT2D eigenvalue weighted by molar-refractivity contribution is 7.74. The zero-order valence-corrected chi connectivity index (χ0v) is 18.1. The van der Waals surface area contributed by atoms with Gasteiger partial charge < -0.3 is 15.5 Å². The van der Waals surface area contributed by atoms with E-state index < -0.39 is 34.5 Å². The number of carbonyl (C=O) groups is 3. The smallest absolute Gasteiger partial charge is 0.296 e. The van der Waals surface area contributed by atoms with Crippen LogP contribution in [0.2, 0.25) is 0 Å². The molecule has 1 atom stereocenters. The number of amides is 2. The molecule has 3 rings (SSSR count). The molecule has 0 unspecified atom stereocenters. The Balaban J connectivity index is 1.96. The van der Waals surface area contributed by atoms with Crippen molar-refractivity contribution in [3.63, 3.8) is 0 Å². The first kappa shape index (κ1) is 22.4. The Labute approximate surface area is 182 Å². The maximum atomic E-state index is 13.0. The molecule has 2 aromatic rings. The van der Waals surface area contributed by atoms with Crippen molar-refractivity contribution in [2.24, 2.45) is 0 Å². The summed E-state index contributed by atoms with van der Waals surface area (Å²) >= 11 is 0. The molecule has 0 radical (unpaired) electrons. The molecule has 164 valence electrons.